The molecule has 0 saturated heterocycles. The first-order valence-electron chi connectivity index (χ1n) is 12.3. The van der Waals surface area contributed by atoms with Crippen LogP contribution in [0.5, 0.6) is 11.5 Å². The van der Waals surface area contributed by atoms with Crippen LogP contribution in [0, 0.1) is 6.92 Å². The average molecular weight is 511 g/mol. The van der Waals surface area contributed by atoms with Crippen molar-refractivity contribution in [3.8, 4) is 23.0 Å². The van der Waals surface area contributed by atoms with Gasteiger partial charge in [-0.1, -0.05) is 54.6 Å². The highest BCUT2D eigenvalue weighted by molar-refractivity contribution is 5.82. The van der Waals surface area contributed by atoms with Crippen molar-refractivity contribution >= 4 is 18.0 Å². The number of methoxy groups -OCH3 is 1. The lowest BCUT2D eigenvalue weighted by Gasteiger charge is -2.21. The van der Waals surface area contributed by atoms with E-state index in [2.05, 4.69) is 4.98 Å². The third-order valence-electron chi connectivity index (χ3n) is 5.82. The largest absolute Gasteiger partial charge is 0.497 e. The second-order valence-electron chi connectivity index (χ2n) is 8.84. The first-order chi connectivity index (χ1) is 18.4. The van der Waals surface area contributed by atoms with E-state index in [4.69, 9.17) is 13.9 Å². The summed E-state index contributed by atoms with van der Waals surface area (Å²) in [5.74, 6) is 2.33. The van der Waals surface area contributed by atoms with Crippen molar-refractivity contribution in [1.29, 1.82) is 0 Å². The number of Topliss-reactive ketones (excluding diaryl/α,β-unsaturated/α-hetero) is 1. The highest BCUT2D eigenvalue weighted by atomic mass is 16.6. The molecule has 4 rings (SSSR count). The Morgan fingerprint density at radius 3 is 2.29 bits per heavy atom. The standard InChI is InChI=1S/C31H30N2O5/c1-22(34)20-33(31(35)38-28-18-16-27(36-3)17-19-28)21-25-14-12-24(13-15-25)8-7-11-29-23(2)37-30(32-29)26-9-5-4-6-10-26/h4-10,12-19H,11,20-21H2,1-3H3/b8-7+. The summed E-state index contributed by atoms with van der Waals surface area (Å²) in [6.07, 6.45) is 4.12. The molecule has 1 heterocycles. The first kappa shape index (κ1) is 26.4. The number of ketones is 1. The minimum absolute atomic E-state index is 0.0430. The normalized spacial score (nSPS) is 10.9. The molecule has 38 heavy (non-hydrogen) atoms. The lowest BCUT2D eigenvalue weighted by molar-refractivity contribution is -0.117. The molecule has 0 unspecified atom stereocenters. The summed E-state index contributed by atoms with van der Waals surface area (Å²) in [6, 6.07) is 24.3. The molecule has 3 aromatic carbocycles. The van der Waals surface area contributed by atoms with Crippen molar-refractivity contribution in [3.63, 3.8) is 0 Å². The lowest BCUT2D eigenvalue weighted by atomic mass is 10.1. The van der Waals surface area contributed by atoms with Crippen LogP contribution in [0.1, 0.15) is 29.5 Å². The molecule has 0 aliphatic rings. The molecule has 0 aliphatic carbocycles. The quantitative estimate of drug-likeness (QED) is 0.242. The van der Waals surface area contributed by atoms with Crippen LogP contribution in [0.15, 0.2) is 89.4 Å². The second-order valence-corrected chi connectivity index (χ2v) is 8.84. The highest BCUT2D eigenvalue weighted by Crippen LogP contribution is 2.22. The summed E-state index contributed by atoms with van der Waals surface area (Å²) < 4.78 is 16.4. The third-order valence-corrected chi connectivity index (χ3v) is 5.82. The Morgan fingerprint density at radius 2 is 1.63 bits per heavy atom. The Bertz CT molecular complexity index is 1390. The smallest absolute Gasteiger partial charge is 0.415 e. The number of amides is 1. The van der Waals surface area contributed by atoms with Gasteiger partial charge in [-0.25, -0.2) is 9.78 Å². The van der Waals surface area contributed by atoms with Gasteiger partial charge in [0.2, 0.25) is 5.89 Å². The zero-order valence-electron chi connectivity index (χ0n) is 21.7. The molecule has 0 atom stereocenters. The minimum Gasteiger partial charge on any atom is -0.497 e. The number of hydrogen-bond acceptors (Lipinski definition) is 6. The molecule has 0 bridgehead atoms. The van der Waals surface area contributed by atoms with Gasteiger partial charge in [0.15, 0.2) is 0 Å². The third kappa shape index (κ3) is 7.20. The summed E-state index contributed by atoms with van der Waals surface area (Å²) in [5, 5.41) is 0. The topological polar surface area (TPSA) is 81.9 Å². The molecule has 7 nitrogen and oxygen atoms in total. The predicted molar refractivity (Wildman–Crippen MR) is 146 cm³/mol. The number of benzene rings is 3. The van der Waals surface area contributed by atoms with Crippen molar-refractivity contribution in [2.24, 2.45) is 0 Å². The van der Waals surface area contributed by atoms with Crippen LogP contribution in [-0.4, -0.2) is 35.4 Å². The Labute approximate surface area is 222 Å². The minimum atomic E-state index is -0.591. The fraction of sp³-hybridized carbons (Fsp3) is 0.194. The van der Waals surface area contributed by atoms with Crippen LogP contribution >= 0.6 is 0 Å². The first-order valence-corrected chi connectivity index (χ1v) is 12.3. The number of aryl methyl sites for hydroxylation is 1. The number of allylic oxidation sites excluding steroid dienone is 1. The summed E-state index contributed by atoms with van der Waals surface area (Å²) in [7, 11) is 1.57. The Morgan fingerprint density at radius 1 is 0.947 bits per heavy atom. The van der Waals surface area contributed by atoms with Gasteiger partial charge in [0.1, 0.15) is 23.0 Å². The number of aromatic nitrogens is 1. The summed E-state index contributed by atoms with van der Waals surface area (Å²) in [5.41, 5.74) is 3.74. The molecule has 0 N–H and O–H groups in total. The van der Waals surface area contributed by atoms with Gasteiger partial charge in [-0.05, 0) is 61.4 Å². The van der Waals surface area contributed by atoms with Gasteiger partial charge in [0.25, 0.3) is 0 Å². The number of carbonyl (C=O) groups excluding carboxylic acids is 2. The molecule has 7 heteroatoms. The predicted octanol–water partition coefficient (Wildman–Crippen LogP) is 6.50. The van der Waals surface area contributed by atoms with E-state index in [1.807, 2.05) is 73.7 Å². The van der Waals surface area contributed by atoms with Crippen molar-refractivity contribution in [1.82, 2.24) is 9.88 Å². The molecule has 1 amide bonds. The van der Waals surface area contributed by atoms with Crippen molar-refractivity contribution in [2.45, 2.75) is 26.8 Å². The van der Waals surface area contributed by atoms with E-state index < -0.39 is 6.09 Å². The highest BCUT2D eigenvalue weighted by Gasteiger charge is 2.18. The summed E-state index contributed by atoms with van der Waals surface area (Å²) in [6.45, 7) is 3.57. The zero-order valence-corrected chi connectivity index (χ0v) is 21.7. The maximum absolute atomic E-state index is 12.8. The fourth-order valence-corrected chi connectivity index (χ4v) is 3.85. The molecule has 0 aliphatic heterocycles. The second kappa shape index (κ2) is 12.5. The fourth-order valence-electron chi connectivity index (χ4n) is 3.85. The maximum atomic E-state index is 12.8. The molecule has 0 fully saturated rings. The maximum Gasteiger partial charge on any atom is 0.415 e. The number of nitrogens with zero attached hydrogens (tertiary/aromatic N) is 2. The van der Waals surface area contributed by atoms with Crippen molar-refractivity contribution < 1.29 is 23.5 Å². The van der Waals surface area contributed by atoms with Crippen LogP contribution in [-0.2, 0) is 17.8 Å². The Hall–Kier alpha value is -4.65. The zero-order chi connectivity index (χ0) is 26.9. The monoisotopic (exact) mass is 510 g/mol. The number of carbonyl (C=O) groups is 2. The molecular weight excluding hydrogens is 480 g/mol. The van der Waals surface area contributed by atoms with Crippen LogP contribution in [0.25, 0.3) is 17.5 Å². The Balaban J connectivity index is 1.36. The van der Waals surface area contributed by atoms with E-state index >= 15 is 0 Å². The van der Waals surface area contributed by atoms with Gasteiger partial charge in [0.05, 0.1) is 19.3 Å². The van der Waals surface area contributed by atoms with Gasteiger partial charge in [-0.15, -0.1) is 0 Å². The Kier molecular flexibility index (Phi) is 8.72. The van der Waals surface area contributed by atoms with Gasteiger partial charge in [0, 0.05) is 18.5 Å². The lowest BCUT2D eigenvalue weighted by Crippen LogP contribution is -2.36. The van der Waals surface area contributed by atoms with Crippen LogP contribution in [0.2, 0.25) is 0 Å². The van der Waals surface area contributed by atoms with E-state index in [1.54, 1.807) is 31.4 Å². The van der Waals surface area contributed by atoms with Gasteiger partial charge in [-0.2, -0.15) is 0 Å². The molecule has 0 saturated carbocycles. The van der Waals surface area contributed by atoms with E-state index in [0.717, 1.165) is 28.1 Å². The number of rotatable bonds is 10. The SMILES string of the molecule is COc1ccc(OC(=O)N(CC(C)=O)Cc2ccc(/C=C/Cc3nc(-c4ccccc4)oc3C)cc2)cc1. The van der Waals surface area contributed by atoms with Crippen LogP contribution in [0.3, 0.4) is 0 Å². The van der Waals surface area contributed by atoms with Crippen molar-refractivity contribution in [3.05, 3.63) is 108 Å². The van der Waals surface area contributed by atoms with E-state index in [0.29, 0.717) is 23.8 Å². The van der Waals surface area contributed by atoms with Crippen LogP contribution < -0.4 is 9.47 Å². The summed E-state index contributed by atoms with van der Waals surface area (Å²) in [4.78, 5) is 30.6. The number of oxazole rings is 1. The van der Waals surface area contributed by atoms with Gasteiger partial charge < -0.3 is 13.9 Å². The van der Waals surface area contributed by atoms with E-state index in [9.17, 15) is 9.59 Å². The molecule has 4 aromatic rings. The molecule has 1 aromatic heterocycles. The molecule has 194 valence electrons. The molecular formula is C31H30N2O5. The molecule has 0 spiro atoms. The van der Waals surface area contributed by atoms with Gasteiger partial charge in [-0.3, -0.25) is 9.69 Å². The number of ether oxygens (including phenoxy) is 2. The molecule has 0 radical (unpaired) electrons. The van der Waals surface area contributed by atoms with Gasteiger partial charge >= 0.3 is 6.09 Å². The number of hydrogen-bond donors (Lipinski definition) is 0. The van der Waals surface area contributed by atoms with E-state index in [-0.39, 0.29) is 18.9 Å². The van der Waals surface area contributed by atoms with Crippen LogP contribution in [0.4, 0.5) is 4.79 Å². The van der Waals surface area contributed by atoms with E-state index in [1.165, 1.54) is 11.8 Å². The average Bonchev–Trinajstić information content (AvgIpc) is 3.30. The summed E-state index contributed by atoms with van der Waals surface area (Å²) >= 11 is 0. The van der Waals surface area contributed by atoms with Crippen molar-refractivity contribution in [2.75, 3.05) is 13.7 Å².